The number of amides is 1. The van der Waals surface area contributed by atoms with Crippen molar-refractivity contribution in [3.8, 4) is 11.3 Å². The van der Waals surface area contributed by atoms with Gasteiger partial charge in [-0.25, -0.2) is 9.59 Å². The first-order valence-electron chi connectivity index (χ1n) is 9.14. The summed E-state index contributed by atoms with van der Waals surface area (Å²) in [5.41, 5.74) is -2.10. The van der Waals surface area contributed by atoms with Crippen molar-refractivity contribution in [1.29, 1.82) is 0 Å². The zero-order valence-electron chi connectivity index (χ0n) is 16.8. The Hall–Kier alpha value is -3.56. The third kappa shape index (κ3) is 5.33. The molecule has 1 amide bonds. The number of benzene rings is 1. The van der Waals surface area contributed by atoms with Crippen molar-refractivity contribution < 1.29 is 37.0 Å². The van der Waals surface area contributed by atoms with Crippen molar-refractivity contribution in [1.82, 2.24) is 10.3 Å². The smallest absolute Gasteiger partial charge is 0.417 e. The van der Waals surface area contributed by atoms with Crippen molar-refractivity contribution in [3.63, 3.8) is 0 Å². The molecule has 0 bridgehead atoms. The Bertz CT molecular complexity index is 1150. The number of hydrogen-bond donors (Lipinski definition) is 2. The van der Waals surface area contributed by atoms with E-state index in [2.05, 4.69) is 10.3 Å². The van der Waals surface area contributed by atoms with E-state index in [1.165, 1.54) is 24.3 Å². The van der Waals surface area contributed by atoms with E-state index in [0.29, 0.717) is 0 Å². The Morgan fingerprint density at radius 1 is 1.16 bits per heavy atom. The summed E-state index contributed by atoms with van der Waals surface area (Å²) in [6.45, 7) is 5.00. The fourth-order valence-corrected chi connectivity index (χ4v) is 2.82. The number of alkyl halides is 3. The lowest BCUT2D eigenvalue weighted by Crippen LogP contribution is -2.32. The van der Waals surface area contributed by atoms with Gasteiger partial charge in [0.25, 0.3) is 0 Å². The number of carboxylic acid groups (broad SMARTS) is 1. The molecule has 0 fully saturated rings. The van der Waals surface area contributed by atoms with Gasteiger partial charge in [-0.1, -0.05) is 0 Å². The van der Waals surface area contributed by atoms with Crippen LogP contribution >= 0.6 is 0 Å². The monoisotopic (exact) mass is 436 g/mol. The van der Waals surface area contributed by atoms with Gasteiger partial charge in [0, 0.05) is 17.1 Å². The van der Waals surface area contributed by atoms with Crippen LogP contribution in [-0.2, 0) is 17.5 Å². The van der Waals surface area contributed by atoms with Crippen LogP contribution < -0.4 is 5.32 Å². The number of hydrogen-bond acceptors (Lipinski definition) is 5. The first-order valence-corrected chi connectivity index (χ1v) is 9.14. The number of carbonyl (C=O) groups is 2. The van der Waals surface area contributed by atoms with Crippen LogP contribution in [0.1, 0.15) is 42.5 Å². The minimum absolute atomic E-state index is 0.000512. The van der Waals surface area contributed by atoms with Gasteiger partial charge in [0.2, 0.25) is 0 Å². The molecule has 10 heteroatoms. The summed E-state index contributed by atoms with van der Waals surface area (Å²) in [7, 11) is 0. The van der Waals surface area contributed by atoms with Crippen LogP contribution in [-0.4, -0.2) is 27.8 Å². The molecular formula is C21H19F3N2O5. The van der Waals surface area contributed by atoms with Gasteiger partial charge in [-0.05, 0) is 51.1 Å². The standard InChI is InChI=1S/C21H19F3N2O5/c1-20(2,3)31-19(29)26-10-13-4-5-17(30-13)14-7-11-6-12(18(27)28)9-25-16(11)8-15(14)21(22,23)24/h4-9H,10H2,1-3H3,(H,26,29)(H,27,28). The van der Waals surface area contributed by atoms with E-state index in [1.807, 2.05) is 0 Å². The molecule has 0 unspecified atom stereocenters. The summed E-state index contributed by atoms with van der Waals surface area (Å²) in [5, 5.41) is 11.8. The van der Waals surface area contributed by atoms with E-state index in [9.17, 15) is 22.8 Å². The first kappa shape index (κ1) is 22.1. The Morgan fingerprint density at radius 2 is 1.87 bits per heavy atom. The summed E-state index contributed by atoms with van der Waals surface area (Å²) in [4.78, 5) is 26.7. The number of halogens is 3. The van der Waals surface area contributed by atoms with E-state index in [1.54, 1.807) is 20.8 Å². The molecule has 0 aliphatic rings. The van der Waals surface area contributed by atoms with Gasteiger partial charge < -0.3 is 19.6 Å². The highest BCUT2D eigenvalue weighted by molar-refractivity contribution is 5.94. The fourth-order valence-electron chi connectivity index (χ4n) is 2.82. The molecule has 0 radical (unpaired) electrons. The number of furan rings is 1. The minimum atomic E-state index is -4.70. The number of nitrogens with zero attached hydrogens (tertiary/aromatic N) is 1. The first-order chi connectivity index (χ1) is 14.3. The zero-order chi connectivity index (χ0) is 23.0. The van der Waals surface area contributed by atoms with Gasteiger partial charge in [0.05, 0.1) is 23.2 Å². The van der Waals surface area contributed by atoms with Crippen molar-refractivity contribution in [2.45, 2.75) is 39.1 Å². The third-order valence-corrected chi connectivity index (χ3v) is 4.11. The predicted octanol–water partition coefficient (Wildman–Crippen LogP) is 5.24. The van der Waals surface area contributed by atoms with Gasteiger partial charge in [-0.2, -0.15) is 13.2 Å². The summed E-state index contributed by atoms with van der Waals surface area (Å²) in [6.07, 6.45) is -4.39. The normalized spacial score (nSPS) is 12.1. The van der Waals surface area contributed by atoms with Crippen LogP contribution in [0.2, 0.25) is 0 Å². The third-order valence-electron chi connectivity index (χ3n) is 4.11. The van der Waals surface area contributed by atoms with Gasteiger partial charge in [0.15, 0.2) is 0 Å². The van der Waals surface area contributed by atoms with Crippen LogP contribution in [0.15, 0.2) is 40.9 Å². The molecule has 0 aliphatic carbocycles. The average Bonchev–Trinajstić information content (AvgIpc) is 3.11. The summed E-state index contributed by atoms with van der Waals surface area (Å²) in [5.74, 6) is -1.12. The van der Waals surface area contributed by atoms with Crippen LogP contribution in [0.3, 0.4) is 0 Å². The number of nitrogens with one attached hydrogen (secondary N) is 1. The number of carboxylic acids is 1. The lowest BCUT2D eigenvalue weighted by molar-refractivity contribution is -0.137. The van der Waals surface area contributed by atoms with Crippen LogP contribution in [0.25, 0.3) is 22.2 Å². The molecule has 31 heavy (non-hydrogen) atoms. The van der Waals surface area contributed by atoms with E-state index in [4.69, 9.17) is 14.3 Å². The maximum atomic E-state index is 13.7. The van der Waals surface area contributed by atoms with Crippen molar-refractivity contribution in [2.75, 3.05) is 0 Å². The molecule has 2 N–H and O–H groups in total. The number of carbonyl (C=O) groups excluding carboxylic acids is 1. The largest absolute Gasteiger partial charge is 0.478 e. The molecule has 0 aliphatic heterocycles. The van der Waals surface area contributed by atoms with Crippen molar-refractivity contribution >= 4 is 23.0 Å². The van der Waals surface area contributed by atoms with Crippen LogP contribution in [0, 0.1) is 0 Å². The fraction of sp³-hybridized carbons (Fsp3) is 0.286. The average molecular weight is 436 g/mol. The van der Waals surface area contributed by atoms with Gasteiger partial charge in [-0.15, -0.1) is 0 Å². The maximum absolute atomic E-state index is 13.7. The molecule has 164 valence electrons. The number of pyridine rings is 1. The van der Waals surface area contributed by atoms with Crippen molar-refractivity contribution in [3.05, 3.63) is 53.4 Å². The molecule has 0 saturated carbocycles. The molecule has 1 aromatic carbocycles. The highest BCUT2D eigenvalue weighted by atomic mass is 19.4. The van der Waals surface area contributed by atoms with E-state index in [-0.39, 0.29) is 40.1 Å². The second-order valence-corrected chi connectivity index (χ2v) is 7.74. The van der Waals surface area contributed by atoms with E-state index in [0.717, 1.165) is 12.3 Å². The molecular weight excluding hydrogens is 417 g/mol. The predicted molar refractivity (Wildman–Crippen MR) is 104 cm³/mol. The molecule has 2 aromatic heterocycles. The second-order valence-electron chi connectivity index (χ2n) is 7.74. The minimum Gasteiger partial charge on any atom is -0.478 e. The molecule has 0 spiro atoms. The lowest BCUT2D eigenvalue weighted by atomic mass is 10.0. The molecule has 0 atom stereocenters. The maximum Gasteiger partial charge on any atom is 0.417 e. The Morgan fingerprint density at radius 3 is 2.48 bits per heavy atom. The summed E-state index contributed by atoms with van der Waals surface area (Å²) in [6, 6.07) is 6.04. The summed E-state index contributed by atoms with van der Waals surface area (Å²) < 4.78 is 51.6. The Labute approximate surface area is 174 Å². The number of aromatic nitrogens is 1. The molecule has 7 nitrogen and oxygen atoms in total. The number of aromatic carboxylic acids is 1. The Balaban J connectivity index is 1.95. The molecule has 0 saturated heterocycles. The topological polar surface area (TPSA) is 102 Å². The van der Waals surface area contributed by atoms with Gasteiger partial charge >= 0.3 is 18.2 Å². The quantitative estimate of drug-likeness (QED) is 0.580. The molecule has 3 rings (SSSR count). The van der Waals surface area contributed by atoms with E-state index < -0.39 is 29.4 Å². The Kier molecular flexibility index (Phi) is 5.66. The number of alkyl carbamates (subject to hydrolysis) is 1. The molecule has 2 heterocycles. The van der Waals surface area contributed by atoms with E-state index >= 15 is 0 Å². The van der Waals surface area contributed by atoms with Crippen molar-refractivity contribution in [2.24, 2.45) is 0 Å². The highest BCUT2D eigenvalue weighted by Crippen LogP contribution is 2.39. The lowest BCUT2D eigenvalue weighted by Gasteiger charge is -2.19. The zero-order valence-corrected chi connectivity index (χ0v) is 16.8. The number of rotatable bonds is 4. The highest BCUT2D eigenvalue weighted by Gasteiger charge is 2.35. The van der Waals surface area contributed by atoms with Crippen LogP contribution in [0.4, 0.5) is 18.0 Å². The van der Waals surface area contributed by atoms with Gasteiger partial charge in [-0.3, -0.25) is 4.98 Å². The second kappa shape index (κ2) is 7.93. The number of fused-ring (bicyclic) bond motifs is 1. The molecule has 3 aromatic rings. The number of ether oxygens (including phenoxy) is 1. The SMILES string of the molecule is CC(C)(C)OC(=O)NCc1ccc(-c2cc3cc(C(=O)O)cnc3cc2C(F)(F)F)o1. The van der Waals surface area contributed by atoms with Gasteiger partial charge in [0.1, 0.15) is 17.1 Å². The van der Waals surface area contributed by atoms with Crippen LogP contribution in [0.5, 0.6) is 0 Å². The summed E-state index contributed by atoms with van der Waals surface area (Å²) >= 11 is 0.